The van der Waals surface area contributed by atoms with Crippen LogP contribution >= 0.6 is 11.6 Å². The third-order valence-corrected chi connectivity index (χ3v) is 2.26. The zero-order valence-corrected chi connectivity index (χ0v) is 8.69. The summed E-state index contributed by atoms with van der Waals surface area (Å²) in [6.45, 7) is 0.619. The Morgan fingerprint density at radius 2 is 2.33 bits per heavy atom. The lowest BCUT2D eigenvalue weighted by Gasteiger charge is -2.01. The molecule has 15 heavy (non-hydrogen) atoms. The molecule has 0 bridgehead atoms. The molecule has 0 saturated heterocycles. The van der Waals surface area contributed by atoms with Crippen molar-refractivity contribution in [1.82, 2.24) is 9.78 Å². The molecule has 0 N–H and O–H groups in total. The molecule has 0 aliphatic carbocycles. The second-order valence-corrected chi connectivity index (χ2v) is 3.66. The predicted octanol–water partition coefficient (Wildman–Crippen LogP) is 2.40. The molecule has 0 aliphatic rings. The van der Waals surface area contributed by atoms with Crippen LogP contribution in [0.25, 0.3) is 0 Å². The average molecular weight is 221 g/mol. The van der Waals surface area contributed by atoms with Crippen molar-refractivity contribution in [3.8, 4) is 0 Å². The number of hydrogen-bond donors (Lipinski definition) is 0. The van der Waals surface area contributed by atoms with Crippen molar-refractivity contribution in [1.29, 1.82) is 0 Å². The average Bonchev–Trinajstić information content (AvgIpc) is 2.65. The van der Waals surface area contributed by atoms with Gasteiger partial charge >= 0.3 is 0 Å². The Labute approximate surface area is 92.3 Å². The van der Waals surface area contributed by atoms with Crippen LogP contribution in [0.2, 0.25) is 5.02 Å². The smallest absolute Gasteiger partial charge is 0.153 e. The Hall–Kier alpha value is -1.61. The van der Waals surface area contributed by atoms with Crippen LogP contribution in [-0.4, -0.2) is 16.1 Å². The number of nitrogens with zero attached hydrogens (tertiary/aromatic N) is 2. The molecule has 0 unspecified atom stereocenters. The van der Waals surface area contributed by atoms with Crippen LogP contribution in [0.5, 0.6) is 0 Å². The topological polar surface area (TPSA) is 34.9 Å². The van der Waals surface area contributed by atoms with E-state index in [0.29, 0.717) is 17.1 Å². The SMILES string of the molecule is O=Cc1cnn(Cc2cccc(Cl)c2)c1. The first kappa shape index (κ1) is 9.93. The maximum absolute atomic E-state index is 10.5. The highest BCUT2D eigenvalue weighted by Crippen LogP contribution is 2.11. The van der Waals surface area contributed by atoms with Gasteiger partial charge in [0, 0.05) is 11.2 Å². The summed E-state index contributed by atoms with van der Waals surface area (Å²) in [6.07, 6.45) is 4.02. The molecule has 1 aromatic heterocycles. The van der Waals surface area contributed by atoms with Crippen LogP contribution < -0.4 is 0 Å². The van der Waals surface area contributed by atoms with Crippen molar-refractivity contribution in [3.05, 3.63) is 52.8 Å². The minimum absolute atomic E-state index is 0.581. The van der Waals surface area contributed by atoms with Gasteiger partial charge < -0.3 is 0 Å². The molecule has 2 aromatic rings. The van der Waals surface area contributed by atoms with Gasteiger partial charge in [-0.3, -0.25) is 9.48 Å². The highest BCUT2D eigenvalue weighted by molar-refractivity contribution is 6.30. The van der Waals surface area contributed by atoms with Crippen LogP contribution in [0.1, 0.15) is 15.9 Å². The lowest BCUT2D eigenvalue weighted by molar-refractivity contribution is 0.112. The molecule has 1 aromatic carbocycles. The maximum atomic E-state index is 10.5. The van der Waals surface area contributed by atoms with Crippen LogP contribution in [0.4, 0.5) is 0 Å². The monoisotopic (exact) mass is 220 g/mol. The van der Waals surface area contributed by atoms with Gasteiger partial charge in [-0.1, -0.05) is 23.7 Å². The second-order valence-electron chi connectivity index (χ2n) is 3.22. The molecule has 0 amide bonds. The summed E-state index contributed by atoms with van der Waals surface area (Å²) in [5.41, 5.74) is 1.64. The third-order valence-electron chi connectivity index (χ3n) is 2.02. The Morgan fingerprint density at radius 3 is 3.00 bits per heavy atom. The van der Waals surface area contributed by atoms with E-state index in [1.807, 2.05) is 24.3 Å². The van der Waals surface area contributed by atoms with Gasteiger partial charge in [-0.05, 0) is 17.7 Å². The van der Waals surface area contributed by atoms with Gasteiger partial charge in [-0.2, -0.15) is 5.10 Å². The van der Waals surface area contributed by atoms with E-state index in [0.717, 1.165) is 11.8 Å². The largest absolute Gasteiger partial charge is 0.298 e. The first-order valence-electron chi connectivity index (χ1n) is 4.50. The number of benzene rings is 1. The van der Waals surface area contributed by atoms with Gasteiger partial charge in [0.1, 0.15) is 0 Å². The van der Waals surface area contributed by atoms with E-state index in [9.17, 15) is 4.79 Å². The Morgan fingerprint density at radius 1 is 1.47 bits per heavy atom. The number of carbonyl (C=O) groups excluding carboxylic acids is 1. The summed E-state index contributed by atoms with van der Waals surface area (Å²) < 4.78 is 1.70. The van der Waals surface area contributed by atoms with E-state index in [2.05, 4.69) is 5.10 Å². The molecule has 0 fully saturated rings. The minimum Gasteiger partial charge on any atom is -0.298 e. The number of aldehydes is 1. The van der Waals surface area contributed by atoms with Gasteiger partial charge in [0.05, 0.1) is 18.3 Å². The fourth-order valence-electron chi connectivity index (χ4n) is 1.35. The molecule has 0 saturated carbocycles. The first-order chi connectivity index (χ1) is 7.28. The third kappa shape index (κ3) is 2.44. The lowest BCUT2D eigenvalue weighted by atomic mass is 10.2. The van der Waals surface area contributed by atoms with Crippen LogP contribution in [0.3, 0.4) is 0 Å². The molecule has 3 nitrogen and oxygen atoms in total. The Bertz CT molecular complexity index is 479. The van der Waals surface area contributed by atoms with Crippen molar-refractivity contribution in [2.45, 2.75) is 6.54 Å². The van der Waals surface area contributed by atoms with E-state index < -0.39 is 0 Å². The van der Waals surface area contributed by atoms with E-state index in [4.69, 9.17) is 11.6 Å². The molecule has 0 aliphatic heterocycles. The highest BCUT2D eigenvalue weighted by atomic mass is 35.5. The standard InChI is InChI=1S/C11H9ClN2O/c12-11-3-1-2-9(4-11)6-14-7-10(8-15)5-13-14/h1-5,7-8H,6H2. The van der Waals surface area contributed by atoms with E-state index in [1.165, 1.54) is 6.20 Å². The van der Waals surface area contributed by atoms with Gasteiger partial charge in [0.25, 0.3) is 0 Å². The van der Waals surface area contributed by atoms with Gasteiger partial charge in [-0.15, -0.1) is 0 Å². The summed E-state index contributed by atoms with van der Waals surface area (Å²) in [4.78, 5) is 10.5. The quantitative estimate of drug-likeness (QED) is 0.745. The summed E-state index contributed by atoms with van der Waals surface area (Å²) in [5, 5.41) is 4.76. The number of halogens is 1. The molecule has 2 rings (SSSR count). The zero-order valence-electron chi connectivity index (χ0n) is 7.93. The minimum atomic E-state index is 0.581. The normalized spacial score (nSPS) is 10.2. The molecular formula is C11H9ClN2O. The van der Waals surface area contributed by atoms with Crippen molar-refractivity contribution in [2.24, 2.45) is 0 Å². The Kier molecular flexibility index (Phi) is 2.83. The summed E-state index contributed by atoms with van der Waals surface area (Å²) in [6, 6.07) is 7.56. The molecule has 4 heteroatoms. The summed E-state index contributed by atoms with van der Waals surface area (Å²) >= 11 is 5.86. The molecule has 0 atom stereocenters. The van der Waals surface area contributed by atoms with E-state index in [1.54, 1.807) is 10.9 Å². The van der Waals surface area contributed by atoms with Gasteiger partial charge in [0.15, 0.2) is 6.29 Å². The number of rotatable bonds is 3. The van der Waals surface area contributed by atoms with Crippen molar-refractivity contribution in [3.63, 3.8) is 0 Å². The van der Waals surface area contributed by atoms with Crippen LogP contribution in [-0.2, 0) is 6.54 Å². The zero-order chi connectivity index (χ0) is 10.7. The molecular weight excluding hydrogens is 212 g/mol. The van der Waals surface area contributed by atoms with Crippen molar-refractivity contribution < 1.29 is 4.79 Å². The fraction of sp³-hybridized carbons (Fsp3) is 0.0909. The van der Waals surface area contributed by atoms with E-state index >= 15 is 0 Å². The van der Waals surface area contributed by atoms with Crippen molar-refractivity contribution in [2.75, 3.05) is 0 Å². The lowest BCUT2D eigenvalue weighted by Crippen LogP contribution is -1.99. The molecule has 76 valence electrons. The van der Waals surface area contributed by atoms with Crippen molar-refractivity contribution >= 4 is 17.9 Å². The number of hydrogen-bond acceptors (Lipinski definition) is 2. The molecule has 0 radical (unpaired) electrons. The predicted molar refractivity (Wildman–Crippen MR) is 58.2 cm³/mol. The Balaban J connectivity index is 2.18. The second kappa shape index (κ2) is 4.28. The highest BCUT2D eigenvalue weighted by Gasteiger charge is 1.99. The fourth-order valence-corrected chi connectivity index (χ4v) is 1.56. The van der Waals surface area contributed by atoms with E-state index in [-0.39, 0.29) is 0 Å². The first-order valence-corrected chi connectivity index (χ1v) is 4.88. The van der Waals surface area contributed by atoms with Crippen LogP contribution in [0.15, 0.2) is 36.7 Å². The molecule has 0 spiro atoms. The number of carbonyl (C=O) groups is 1. The van der Waals surface area contributed by atoms with Crippen LogP contribution in [0, 0.1) is 0 Å². The van der Waals surface area contributed by atoms with Gasteiger partial charge in [0.2, 0.25) is 0 Å². The summed E-state index contributed by atoms with van der Waals surface area (Å²) in [5.74, 6) is 0. The van der Waals surface area contributed by atoms with Gasteiger partial charge in [-0.25, -0.2) is 0 Å². The summed E-state index contributed by atoms with van der Waals surface area (Å²) in [7, 11) is 0. The maximum Gasteiger partial charge on any atom is 0.153 e. The molecule has 1 heterocycles. The number of aromatic nitrogens is 2.